The Bertz CT molecular complexity index is 941. The molecule has 0 radical (unpaired) electrons. The number of hydrogen-bond donors (Lipinski definition) is 2. The van der Waals surface area contributed by atoms with E-state index in [1.165, 1.54) is 18.0 Å². The van der Waals surface area contributed by atoms with Crippen LogP contribution in [0.25, 0.3) is 5.69 Å². The fraction of sp³-hybridized carbons (Fsp3) is 0.167. The van der Waals surface area contributed by atoms with E-state index in [1.54, 1.807) is 24.3 Å². The molecule has 3 rings (SSSR count). The van der Waals surface area contributed by atoms with Gasteiger partial charge in [-0.1, -0.05) is 0 Å². The van der Waals surface area contributed by atoms with Crippen LogP contribution in [0, 0.1) is 6.92 Å². The summed E-state index contributed by atoms with van der Waals surface area (Å²) >= 11 is 0. The van der Waals surface area contributed by atoms with E-state index in [-0.39, 0.29) is 17.3 Å². The fourth-order valence-corrected chi connectivity index (χ4v) is 2.43. The van der Waals surface area contributed by atoms with Crippen molar-refractivity contribution >= 4 is 17.7 Å². The van der Waals surface area contributed by atoms with Crippen LogP contribution in [0.1, 0.15) is 32.2 Å². The lowest BCUT2D eigenvalue weighted by molar-refractivity contribution is 0.0601. The van der Waals surface area contributed by atoms with Crippen molar-refractivity contribution in [1.29, 1.82) is 0 Å². The zero-order valence-corrected chi connectivity index (χ0v) is 14.4. The molecule has 8 heteroatoms. The maximum atomic E-state index is 12.2. The number of methoxy groups -OCH3 is 1. The van der Waals surface area contributed by atoms with Gasteiger partial charge in [-0.25, -0.2) is 9.48 Å². The van der Waals surface area contributed by atoms with Crippen LogP contribution >= 0.6 is 0 Å². The summed E-state index contributed by atoms with van der Waals surface area (Å²) in [6.45, 7) is 2.15. The Labute approximate surface area is 149 Å². The van der Waals surface area contributed by atoms with E-state index in [0.29, 0.717) is 23.6 Å². The van der Waals surface area contributed by atoms with Gasteiger partial charge in [0.25, 0.3) is 5.91 Å². The number of esters is 1. The minimum atomic E-state index is -0.557. The second-order valence-corrected chi connectivity index (χ2v) is 5.59. The molecule has 3 aromatic rings. The minimum absolute atomic E-state index is 0.169. The topological polar surface area (TPSA) is 112 Å². The number of nitrogens with zero attached hydrogens (tertiary/aromatic N) is 2. The lowest BCUT2D eigenvalue weighted by Crippen LogP contribution is -2.22. The second kappa shape index (κ2) is 7.14. The van der Waals surface area contributed by atoms with Crippen LogP contribution < -0.4 is 11.1 Å². The first-order chi connectivity index (χ1) is 12.5. The predicted octanol–water partition coefficient (Wildman–Crippen LogP) is 2.07. The third-order valence-electron chi connectivity index (χ3n) is 3.81. The lowest BCUT2D eigenvalue weighted by atomic mass is 10.2. The molecule has 0 saturated carbocycles. The number of carbonyl (C=O) groups is 2. The van der Waals surface area contributed by atoms with Crippen LogP contribution in [0.3, 0.4) is 0 Å². The summed E-state index contributed by atoms with van der Waals surface area (Å²) in [6, 6.07) is 10.3. The number of aryl methyl sites for hydroxylation is 1. The first kappa shape index (κ1) is 17.3. The minimum Gasteiger partial charge on any atom is -0.465 e. The Morgan fingerprint density at radius 3 is 2.58 bits per heavy atom. The molecule has 0 aliphatic heterocycles. The van der Waals surface area contributed by atoms with Gasteiger partial charge in [-0.3, -0.25) is 4.79 Å². The highest BCUT2D eigenvalue weighted by Crippen LogP contribution is 2.18. The van der Waals surface area contributed by atoms with Crippen molar-refractivity contribution in [2.45, 2.75) is 13.5 Å². The summed E-state index contributed by atoms with van der Waals surface area (Å²) in [7, 11) is 1.27. The SMILES string of the molecule is COC(=O)c1cnn(-c2ccc(C(=O)NCc3ccc(C)o3)cc2)c1N. The molecule has 8 nitrogen and oxygen atoms in total. The van der Waals surface area contributed by atoms with Crippen LogP contribution in [0.2, 0.25) is 0 Å². The van der Waals surface area contributed by atoms with Crippen molar-refractivity contribution in [2.75, 3.05) is 12.8 Å². The van der Waals surface area contributed by atoms with E-state index in [9.17, 15) is 9.59 Å². The Morgan fingerprint density at radius 2 is 1.96 bits per heavy atom. The van der Waals surface area contributed by atoms with E-state index in [2.05, 4.69) is 15.2 Å². The number of rotatable bonds is 5. The summed E-state index contributed by atoms with van der Waals surface area (Å²) < 4.78 is 11.5. The van der Waals surface area contributed by atoms with Gasteiger partial charge in [0.1, 0.15) is 22.9 Å². The first-order valence-corrected chi connectivity index (χ1v) is 7.85. The summed E-state index contributed by atoms with van der Waals surface area (Å²) in [5.74, 6) is 0.864. The zero-order chi connectivity index (χ0) is 18.7. The van der Waals surface area contributed by atoms with E-state index in [4.69, 9.17) is 10.2 Å². The largest absolute Gasteiger partial charge is 0.465 e. The molecule has 2 heterocycles. The number of amides is 1. The Hall–Kier alpha value is -3.55. The van der Waals surface area contributed by atoms with Crippen LogP contribution in [-0.4, -0.2) is 28.8 Å². The highest BCUT2D eigenvalue weighted by molar-refractivity contribution is 5.95. The van der Waals surface area contributed by atoms with Gasteiger partial charge < -0.3 is 20.2 Å². The number of nitrogens with one attached hydrogen (secondary N) is 1. The van der Waals surface area contributed by atoms with Crippen molar-refractivity contribution in [3.05, 3.63) is 65.2 Å². The second-order valence-electron chi connectivity index (χ2n) is 5.59. The van der Waals surface area contributed by atoms with Gasteiger partial charge in [-0.05, 0) is 43.3 Å². The van der Waals surface area contributed by atoms with Gasteiger partial charge >= 0.3 is 5.97 Å². The highest BCUT2D eigenvalue weighted by Gasteiger charge is 2.16. The smallest absolute Gasteiger partial charge is 0.343 e. The lowest BCUT2D eigenvalue weighted by Gasteiger charge is -2.07. The molecule has 3 N–H and O–H groups in total. The molecule has 1 aromatic carbocycles. The quantitative estimate of drug-likeness (QED) is 0.678. The molecule has 0 aliphatic carbocycles. The van der Waals surface area contributed by atoms with Crippen LogP contribution in [0.4, 0.5) is 5.82 Å². The summed E-state index contributed by atoms with van der Waals surface area (Å²) in [5.41, 5.74) is 7.22. The number of aromatic nitrogens is 2. The molecule has 1 amide bonds. The van der Waals surface area contributed by atoms with Gasteiger partial charge in [-0.2, -0.15) is 5.10 Å². The number of benzene rings is 1. The monoisotopic (exact) mass is 354 g/mol. The molecule has 26 heavy (non-hydrogen) atoms. The molecule has 2 aromatic heterocycles. The number of anilines is 1. The Balaban J connectivity index is 1.71. The van der Waals surface area contributed by atoms with Crippen molar-refractivity contribution in [3.63, 3.8) is 0 Å². The number of hydrogen-bond acceptors (Lipinski definition) is 6. The molecule has 0 bridgehead atoms. The summed E-state index contributed by atoms with van der Waals surface area (Å²) in [4.78, 5) is 23.8. The molecule has 0 fully saturated rings. The van der Waals surface area contributed by atoms with Gasteiger partial charge in [0, 0.05) is 5.56 Å². The fourth-order valence-electron chi connectivity index (χ4n) is 2.43. The number of furan rings is 1. The van der Waals surface area contributed by atoms with Gasteiger partial charge in [-0.15, -0.1) is 0 Å². The molecule has 0 unspecified atom stereocenters. The Morgan fingerprint density at radius 1 is 1.23 bits per heavy atom. The van der Waals surface area contributed by atoms with E-state index in [0.717, 1.165) is 5.76 Å². The third kappa shape index (κ3) is 3.44. The molecular weight excluding hydrogens is 336 g/mol. The van der Waals surface area contributed by atoms with E-state index >= 15 is 0 Å². The van der Waals surface area contributed by atoms with E-state index < -0.39 is 5.97 Å². The third-order valence-corrected chi connectivity index (χ3v) is 3.81. The number of carbonyl (C=O) groups excluding carboxylic acids is 2. The molecule has 134 valence electrons. The van der Waals surface area contributed by atoms with Crippen molar-refractivity contribution in [1.82, 2.24) is 15.1 Å². The van der Waals surface area contributed by atoms with Gasteiger partial charge in [0.15, 0.2) is 0 Å². The van der Waals surface area contributed by atoms with Crippen LogP contribution in [0.15, 0.2) is 47.0 Å². The van der Waals surface area contributed by atoms with Crippen molar-refractivity contribution in [3.8, 4) is 5.69 Å². The van der Waals surface area contributed by atoms with Gasteiger partial charge in [0.2, 0.25) is 0 Å². The predicted molar refractivity (Wildman–Crippen MR) is 93.9 cm³/mol. The average Bonchev–Trinajstić information content (AvgIpc) is 3.24. The normalized spacial score (nSPS) is 10.5. The maximum Gasteiger partial charge on any atom is 0.343 e. The van der Waals surface area contributed by atoms with Gasteiger partial charge in [0.05, 0.1) is 25.5 Å². The summed E-state index contributed by atoms with van der Waals surface area (Å²) in [5, 5.41) is 6.87. The summed E-state index contributed by atoms with van der Waals surface area (Å²) in [6.07, 6.45) is 1.34. The molecular formula is C18H18N4O4. The zero-order valence-electron chi connectivity index (χ0n) is 14.4. The maximum absolute atomic E-state index is 12.2. The Kier molecular flexibility index (Phi) is 4.74. The molecule has 0 aliphatic rings. The number of nitrogen functional groups attached to an aromatic ring is 1. The number of nitrogens with two attached hydrogens (primary N) is 1. The first-order valence-electron chi connectivity index (χ1n) is 7.85. The number of ether oxygens (including phenoxy) is 1. The van der Waals surface area contributed by atoms with Crippen molar-refractivity contribution < 1.29 is 18.7 Å². The molecule has 0 atom stereocenters. The molecule has 0 saturated heterocycles. The average molecular weight is 354 g/mol. The standard InChI is InChI=1S/C18H18N4O4/c1-11-3-8-14(26-11)9-20-17(23)12-4-6-13(7-5-12)22-16(19)15(10-21-22)18(24)25-2/h3-8,10H,9,19H2,1-2H3,(H,20,23). The van der Waals surface area contributed by atoms with Crippen LogP contribution in [0.5, 0.6) is 0 Å². The molecule has 0 spiro atoms. The van der Waals surface area contributed by atoms with Crippen LogP contribution in [-0.2, 0) is 11.3 Å². The van der Waals surface area contributed by atoms with E-state index in [1.807, 2.05) is 19.1 Å². The van der Waals surface area contributed by atoms with Crippen molar-refractivity contribution in [2.24, 2.45) is 0 Å². The highest BCUT2D eigenvalue weighted by atomic mass is 16.5.